The van der Waals surface area contributed by atoms with Crippen molar-refractivity contribution in [1.29, 1.82) is 0 Å². The Labute approximate surface area is 174 Å². The summed E-state index contributed by atoms with van der Waals surface area (Å²) < 4.78 is 4.90. The van der Waals surface area contributed by atoms with E-state index in [-0.39, 0.29) is 6.61 Å². The van der Waals surface area contributed by atoms with Crippen LogP contribution in [-0.2, 0) is 14.3 Å². The van der Waals surface area contributed by atoms with Crippen molar-refractivity contribution in [1.82, 2.24) is 0 Å². The molecule has 0 atom stereocenters. The Morgan fingerprint density at radius 1 is 0.667 bits per heavy atom. The normalized spacial score (nSPS) is 10.0. The maximum Gasteiger partial charge on any atom is 0.338 e. The standard InChI is InChI=1S/C23H21N3O4/c1-2-30-23(29)16-8-10-19(11-9-16)25-21(27)22(28)26-20-14-12-18(13-15-20)24-17-6-4-3-5-7-17/h3-15,24H,2H2,1H3,(H,25,27)(H,26,28). The maximum atomic E-state index is 12.1. The molecule has 3 aromatic rings. The smallest absolute Gasteiger partial charge is 0.338 e. The predicted molar refractivity (Wildman–Crippen MR) is 116 cm³/mol. The van der Waals surface area contributed by atoms with Crippen LogP contribution in [0.3, 0.4) is 0 Å². The largest absolute Gasteiger partial charge is 0.462 e. The molecule has 2 amide bonds. The number of ether oxygens (including phenoxy) is 1. The number of hydrogen-bond acceptors (Lipinski definition) is 5. The van der Waals surface area contributed by atoms with Crippen LogP contribution in [0.15, 0.2) is 78.9 Å². The topological polar surface area (TPSA) is 96.5 Å². The van der Waals surface area contributed by atoms with Crippen LogP contribution in [0, 0.1) is 0 Å². The van der Waals surface area contributed by atoms with Gasteiger partial charge in [-0.3, -0.25) is 9.59 Å². The van der Waals surface area contributed by atoms with Crippen molar-refractivity contribution in [2.24, 2.45) is 0 Å². The van der Waals surface area contributed by atoms with Gasteiger partial charge in [0.1, 0.15) is 0 Å². The Hall–Kier alpha value is -4.13. The lowest BCUT2D eigenvalue weighted by atomic mass is 10.2. The van der Waals surface area contributed by atoms with Gasteiger partial charge in [0.25, 0.3) is 0 Å². The number of amides is 2. The van der Waals surface area contributed by atoms with Crippen molar-refractivity contribution in [2.45, 2.75) is 6.92 Å². The number of esters is 1. The van der Waals surface area contributed by atoms with Crippen LogP contribution < -0.4 is 16.0 Å². The van der Waals surface area contributed by atoms with Crippen LogP contribution in [0.2, 0.25) is 0 Å². The third-order valence-corrected chi connectivity index (χ3v) is 4.07. The van der Waals surface area contributed by atoms with Gasteiger partial charge in [0.05, 0.1) is 12.2 Å². The molecule has 3 aromatic carbocycles. The molecule has 0 bridgehead atoms. The van der Waals surface area contributed by atoms with Gasteiger partial charge in [0.15, 0.2) is 0 Å². The third kappa shape index (κ3) is 5.68. The number of hydrogen-bond donors (Lipinski definition) is 3. The summed E-state index contributed by atoms with van der Waals surface area (Å²) in [6, 6.07) is 22.8. The molecule has 0 radical (unpaired) electrons. The quantitative estimate of drug-likeness (QED) is 0.424. The van der Waals surface area contributed by atoms with Crippen molar-refractivity contribution < 1.29 is 19.1 Å². The minimum Gasteiger partial charge on any atom is -0.462 e. The Balaban J connectivity index is 1.54. The van der Waals surface area contributed by atoms with Gasteiger partial charge in [0.2, 0.25) is 0 Å². The van der Waals surface area contributed by atoms with E-state index in [0.717, 1.165) is 11.4 Å². The SMILES string of the molecule is CCOC(=O)c1ccc(NC(=O)C(=O)Nc2ccc(Nc3ccccc3)cc2)cc1. The fourth-order valence-electron chi connectivity index (χ4n) is 2.60. The molecule has 0 heterocycles. The Morgan fingerprint density at radius 3 is 1.67 bits per heavy atom. The van der Waals surface area contributed by atoms with E-state index in [9.17, 15) is 14.4 Å². The van der Waals surface area contributed by atoms with Crippen LogP contribution in [-0.4, -0.2) is 24.4 Å². The summed E-state index contributed by atoms with van der Waals surface area (Å²) in [5.41, 5.74) is 3.05. The zero-order valence-corrected chi connectivity index (χ0v) is 16.3. The van der Waals surface area contributed by atoms with Gasteiger partial charge >= 0.3 is 17.8 Å². The van der Waals surface area contributed by atoms with Gasteiger partial charge in [-0.2, -0.15) is 0 Å². The summed E-state index contributed by atoms with van der Waals surface area (Å²) in [5.74, 6) is -2.06. The molecule has 0 spiro atoms. The lowest BCUT2D eigenvalue weighted by Gasteiger charge is -2.09. The van der Waals surface area contributed by atoms with E-state index in [1.165, 1.54) is 24.3 Å². The van der Waals surface area contributed by atoms with E-state index in [1.807, 2.05) is 30.3 Å². The number of para-hydroxylation sites is 1. The summed E-state index contributed by atoms with van der Waals surface area (Å²) in [6.07, 6.45) is 0. The second kappa shape index (κ2) is 9.88. The number of carbonyl (C=O) groups is 3. The molecule has 0 unspecified atom stereocenters. The number of nitrogens with one attached hydrogen (secondary N) is 3. The zero-order chi connectivity index (χ0) is 21.3. The summed E-state index contributed by atoms with van der Waals surface area (Å²) in [4.78, 5) is 35.9. The number of carbonyl (C=O) groups excluding carboxylic acids is 3. The monoisotopic (exact) mass is 403 g/mol. The Kier molecular flexibility index (Phi) is 6.78. The molecule has 7 heteroatoms. The Morgan fingerprint density at radius 2 is 1.13 bits per heavy atom. The minimum atomic E-state index is -0.814. The summed E-state index contributed by atoms with van der Waals surface area (Å²) in [7, 11) is 0. The molecule has 7 nitrogen and oxygen atoms in total. The van der Waals surface area contributed by atoms with Gasteiger partial charge < -0.3 is 20.7 Å². The second-order valence-electron chi connectivity index (χ2n) is 6.27. The number of rotatable bonds is 6. The van der Waals surface area contributed by atoms with Crippen LogP contribution >= 0.6 is 0 Å². The van der Waals surface area contributed by atoms with Gasteiger partial charge in [0, 0.05) is 22.7 Å². The lowest BCUT2D eigenvalue weighted by Crippen LogP contribution is -2.29. The van der Waals surface area contributed by atoms with E-state index < -0.39 is 17.8 Å². The van der Waals surface area contributed by atoms with Crippen LogP contribution in [0.4, 0.5) is 22.7 Å². The fraction of sp³-hybridized carbons (Fsp3) is 0.0870. The highest BCUT2D eigenvalue weighted by molar-refractivity contribution is 6.43. The molecule has 0 fully saturated rings. The van der Waals surface area contributed by atoms with Crippen LogP contribution in [0.25, 0.3) is 0 Å². The first-order valence-corrected chi connectivity index (χ1v) is 9.37. The highest BCUT2D eigenvalue weighted by Gasteiger charge is 2.14. The maximum absolute atomic E-state index is 12.1. The molecule has 0 aliphatic heterocycles. The van der Waals surface area contributed by atoms with E-state index >= 15 is 0 Å². The molecule has 152 valence electrons. The third-order valence-electron chi connectivity index (χ3n) is 4.07. The predicted octanol–water partition coefficient (Wildman–Crippen LogP) is 4.18. The molecule has 3 rings (SSSR count). The van der Waals surface area contributed by atoms with E-state index in [0.29, 0.717) is 16.9 Å². The van der Waals surface area contributed by atoms with Crippen molar-refractivity contribution in [2.75, 3.05) is 22.6 Å². The molecule has 0 saturated heterocycles. The highest BCUT2D eigenvalue weighted by atomic mass is 16.5. The number of anilines is 4. The first-order chi connectivity index (χ1) is 14.5. The average Bonchev–Trinajstić information content (AvgIpc) is 2.76. The molecular formula is C23H21N3O4. The molecule has 3 N–H and O–H groups in total. The lowest BCUT2D eigenvalue weighted by molar-refractivity contribution is -0.132. The molecule has 0 aliphatic rings. The minimum absolute atomic E-state index is 0.279. The molecule has 0 aromatic heterocycles. The summed E-state index contributed by atoms with van der Waals surface area (Å²) in [5, 5.41) is 8.27. The van der Waals surface area contributed by atoms with Gasteiger partial charge in [-0.1, -0.05) is 18.2 Å². The summed E-state index contributed by atoms with van der Waals surface area (Å²) >= 11 is 0. The van der Waals surface area contributed by atoms with Gasteiger partial charge in [-0.15, -0.1) is 0 Å². The molecule has 30 heavy (non-hydrogen) atoms. The molecule has 0 aliphatic carbocycles. The van der Waals surface area contributed by atoms with Crippen molar-refractivity contribution in [3.63, 3.8) is 0 Å². The zero-order valence-electron chi connectivity index (χ0n) is 16.3. The van der Waals surface area contributed by atoms with Gasteiger partial charge in [-0.05, 0) is 67.6 Å². The van der Waals surface area contributed by atoms with E-state index in [1.54, 1.807) is 31.2 Å². The molecule has 0 saturated carbocycles. The first-order valence-electron chi connectivity index (χ1n) is 9.37. The van der Waals surface area contributed by atoms with Crippen molar-refractivity contribution >= 4 is 40.5 Å². The van der Waals surface area contributed by atoms with Crippen molar-refractivity contribution in [3.05, 3.63) is 84.4 Å². The second-order valence-corrected chi connectivity index (χ2v) is 6.27. The molecular weight excluding hydrogens is 382 g/mol. The highest BCUT2D eigenvalue weighted by Crippen LogP contribution is 2.18. The fourth-order valence-corrected chi connectivity index (χ4v) is 2.60. The first kappa shape index (κ1) is 20.6. The van der Waals surface area contributed by atoms with Gasteiger partial charge in [-0.25, -0.2) is 4.79 Å². The summed E-state index contributed by atoms with van der Waals surface area (Å²) in [6.45, 7) is 2.00. The van der Waals surface area contributed by atoms with Crippen molar-refractivity contribution in [3.8, 4) is 0 Å². The van der Waals surface area contributed by atoms with E-state index in [2.05, 4.69) is 16.0 Å². The number of benzene rings is 3. The van der Waals surface area contributed by atoms with Crippen LogP contribution in [0.1, 0.15) is 17.3 Å². The Bertz CT molecular complexity index is 1020. The van der Waals surface area contributed by atoms with E-state index in [4.69, 9.17) is 4.74 Å². The van der Waals surface area contributed by atoms with Crippen LogP contribution in [0.5, 0.6) is 0 Å². The average molecular weight is 403 g/mol.